The first-order chi connectivity index (χ1) is 11.8. The lowest BCUT2D eigenvalue weighted by molar-refractivity contribution is -0.131. The number of methoxy groups -OCH3 is 1. The van der Waals surface area contributed by atoms with E-state index in [1.54, 1.807) is 24.1 Å². The van der Waals surface area contributed by atoms with Gasteiger partial charge in [-0.25, -0.2) is 0 Å². The van der Waals surface area contributed by atoms with Crippen LogP contribution >= 0.6 is 0 Å². The molecular weight excluding hydrogens is 316 g/mol. The summed E-state index contributed by atoms with van der Waals surface area (Å²) in [4.78, 5) is 12.5. The first-order valence-corrected chi connectivity index (χ1v) is 8.08. The minimum Gasteiger partial charge on any atom is -0.367 e. The number of hydrogen-bond donors (Lipinski definition) is 1. The number of nitrogens with zero attached hydrogens (tertiary/aromatic N) is 3. The average molecular weight is 340 g/mol. The van der Waals surface area contributed by atoms with E-state index in [0.29, 0.717) is 5.56 Å². The average Bonchev–Trinajstić information content (AvgIpc) is 2.98. The number of nitriles is 1. The summed E-state index contributed by atoms with van der Waals surface area (Å²) in [5, 5.41) is 16.3. The fraction of sp³-hybridized carbons (Fsp3) is 0.421. The molecule has 0 aliphatic heterocycles. The van der Waals surface area contributed by atoms with Crippen LogP contribution in [0.5, 0.6) is 0 Å². The van der Waals surface area contributed by atoms with Gasteiger partial charge >= 0.3 is 0 Å². The Kier molecular flexibility index (Phi) is 5.60. The highest BCUT2D eigenvalue weighted by Gasteiger charge is 2.25. The second-order valence-corrected chi connectivity index (χ2v) is 7.01. The van der Waals surface area contributed by atoms with E-state index in [1.807, 2.05) is 24.3 Å². The maximum atomic E-state index is 12.5. The molecule has 0 aliphatic carbocycles. The van der Waals surface area contributed by atoms with Crippen LogP contribution in [0.3, 0.4) is 0 Å². The molecule has 6 heteroatoms. The van der Waals surface area contributed by atoms with Crippen molar-refractivity contribution in [3.63, 3.8) is 0 Å². The molecule has 6 nitrogen and oxygen atoms in total. The summed E-state index contributed by atoms with van der Waals surface area (Å²) in [6.07, 6.45) is 2.49. The van der Waals surface area contributed by atoms with E-state index < -0.39 is 12.1 Å². The monoisotopic (exact) mass is 340 g/mol. The number of aryl methyl sites for hydroxylation is 1. The van der Waals surface area contributed by atoms with Gasteiger partial charge in [-0.15, -0.1) is 0 Å². The van der Waals surface area contributed by atoms with Crippen LogP contribution < -0.4 is 5.32 Å². The third kappa shape index (κ3) is 4.46. The summed E-state index contributed by atoms with van der Waals surface area (Å²) in [5.74, 6) is -0.373. The van der Waals surface area contributed by atoms with Crippen molar-refractivity contribution in [3.05, 3.63) is 53.3 Å². The number of carbonyl (C=O) groups excluding carboxylic acids is 1. The fourth-order valence-corrected chi connectivity index (χ4v) is 2.55. The zero-order valence-electron chi connectivity index (χ0n) is 15.3. The minimum absolute atomic E-state index is 0.0331. The summed E-state index contributed by atoms with van der Waals surface area (Å²) >= 11 is 0. The minimum atomic E-state index is -0.807. The zero-order valence-corrected chi connectivity index (χ0v) is 15.3. The topological polar surface area (TPSA) is 79.9 Å². The molecule has 0 radical (unpaired) electrons. The summed E-state index contributed by atoms with van der Waals surface area (Å²) in [5.41, 5.74) is 2.59. The van der Waals surface area contributed by atoms with Crippen molar-refractivity contribution in [2.45, 2.75) is 38.3 Å². The first-order valence-electron chi connectivity index (χ1n) is 8.08. The molecule has 1 heterocycles. The Morgan fingerprint density at radius 1 is 1.28 bits per heavy atom. The number of amides is 1. The van der Waals surface area contributed by atoms with Gasteiger partial charge in [0.25, 0.3) is 5.91 Å². The van der Waals surface area contributed by atoms with Crippen molar-refractivity contribution in [1.82, 2.24) is 15.1 Å². The van der Waals surface area contributed by atoms with Gasteiger partial charge in [0.1, 0.15) is 6.04 Å². The van der Waals surface area contributed by atoms with Crippen LogP contribution in [0.1, 0.15) is 49.6 Å². The van der Waals surface area contributed by atoms with Crippen molar-refractivity contribution >= 4 is 5.91 Å². The largest absolute Gasteiger partial charge is 0.367 e. The van der Waals surface area contributed by atoms with Crippen LogP contribution in [0.25, 0.3) is 0 Å². The highest BCUT2D eigenvalue weighted by Crippen LogP contribution is 2.24. The molecule has 1 aromatic heterocycles. The summed E-state index contributed by atoms with van der Waals surface area (Å²) in [6.45, 7) is 6.38. The molecular formula is C19H24N4O2. The Labute approximate surface area is 148 Å². The molecule has 0 unspecified atom stereocenters. The maximum Gasteiger partial charge on any atom is 0.255 e. The fourth-order valence-electron chi connectivity index (χ4n) is 2.55. The van der Waals surface area contributed by atoms with Gasteiger partial charge in [-0.1, -0.05) is 45.0 Å². The van der Waals surface area contributed by atoms with Crippen LogP contribution in [-0.2, 0) is 22.0 Å². The van der Waals surface area contributed by atoms with Crippen LogP contribution in [0.15, 0.2) is 36.7 Å². The number of carbonyl (C=O) groups is 1. The van der Waals surface area contributed by atoms with E-state index in [0.717, 1.165) is 5.56 Å². The summed E-state index contributed by atoms with van der Waals surface area (Å²) < 4.78 is 6.88. The van der Waals surface area contributed by atoms with Crippen molar-refractivity contribution in [2.24, 2.45) is 7.05 Å². The van der Waals surface area contributed by atoms with Crippen molar-refractivity contribution in [2.75, 3.05) is 7.11 Å². The van der Waals surface area contributed by atoms with Gasteiger partial charge in [-0.05, 0) is 16.5 Å². The molecule has 1 N–H and O–H groups in total. The predicted molar refractivity (Wildman–Crippen MR) is 94.6 cm³/mol. The van der Waals surface area contributed by atoms with Gasteiger partial charge < -0.3 is 10.1 Å². The number of aromatic nitrogens is 2. The van der Waals surface area contributed by atoms with Crippen molar-refractivity contribution < 1.29 is 9.53 Å². The molecule has 0 saturated heterocycles. The van der Waals surface area contributed by atoms with E-state index >= 15 is 0 Å². The van der Waals surface area contributed by atoms with Gasteiger partial charge in [0.15, 0.2) is 6.10 Å². The lowest BCUT2D eigenvalue weighted by atomic mass is 9.86. The zero-order chi connectivity index (χ0) is 18.6. The quantitative estimate of drug-likeness (QED) is 0.907. The van der Waals surface area contributed by atoms with Crippen LogP contribution in [0, 0.1) is 11.3 Å². The molecule has 0 saturated carbocycles. The maximum absolute atomic E-state index is 12.5. The number of rotatable bonds is 5. The molecule has 132 valence electrons. The smallest absolute Gasteiger partial charge is 0.255 e. The highest BCUT2D eigenvalue weighted by atomic mass is 16.5. The molecule has 0 spiro atoms. The molecule has 1 amide bonds. The van der Waals surface area contributed by atoms with Crippen molar-refractivity contribution in [3.8, 4) is 6.07 Å². The van der Waals surface area contributed by atoms with Gasteiger partial charge in [0.2, 0.25) is 0 Å². The molecule has 0 aliphatic rings. The SMILES string of the molecule is CO[C@@H](C(=O)N[C@H](C#N)c1ccc(C(C)(C)C)cc1)c1cnn(C)c1. The van der Waals surface area contributed by atoms with Gasteiger partial charge in [-0.2, -0.15) is 10.4 Å². The Hall–Kier alpha value is -2.65. The third-order valence-corrected chi connectivity index (χ3v) is 4.03. The normalized spacial score (nSPS) is 13.8. The number of nitrogens with one attached hydrogen (secondary N) is 1. The number of hydrogen-bond acceptors (Lipinski definition) is 4. The van der Waals surface area contributed by atoms with Crippen LogP contribution in [0.2, 0.25) is 0 Å². The van der Waals surface area contributed by atoms with Crippen LogP contribution in [-0.4, -0.2) is 22.8 Å². The van der Waals surface area contributed by atoms with Gasteiger partial charge in [0, 0.05) is 25.9 Å². The van der Waals surface area contributed by atoms with E-state index in [-0.39, 0.29) is 11.3 Å². The Bertz CT molecular complexity index is 766. The molecule has 2 rings (SSSR count). The molecule has 2 aromatic rings. The van der Waals surface area contributed by atoms with E-state index in [1.165, 1.54) is 12.7 Å². The summed E-state index contributed by atoms with van der Waals surface area (Å²) in [6, 6.07) is 9.12. The Morgan fingerprint density at radius 3 is 2.36 bits per heavy atom. The second-order valence-electron chi connectivity index (χ2n) is 7.01. The van der Waals surface area contributed by atoms with Gasteiger partial charge in [-0.3, -0.25) is 9.48 Å². The standard InChI is InChI=1S/C19H24N4O2/c1-19(2,3)15-8-6-13(7-9-15)16(10-20)22-18(24)17(25-5)14-11-21-23(4)12-14/h6-9,11-12,16-17H,1-5H3,(H,22,24)/t16-,17-/m1/s1. The second kappa shape index (κ2) is 7.49. The predicted octanol–water partition coefficient (Wildman–Crippen LogP) is 2.79. The molecule has 0 bridgehead atoms. The lowest BCUT2D eigenvalue weighted by Gasteiger charge is -2.21. The number of benzene rings is 1. The molecule has 1 aromatic carbocycles. The lowest BCUT2D eigenvalue weighted by Crippen LogP contribution is -2.33. The molecule has 25 heavy (non-hydrogen) atoms. The highest BCUT2D eigenvalue weighted by molar-refractivity contribution is 5.82. The van der Waals surface area contributed by atoms with Crippen LogP contribution in [0.4, 0.5) is 0 Å². The number of ether oxygens (including phenoxy) is 1. The van der Waals surface area contributed by atoms with E-state index in [2.05, 4.69) is 37.3 Å². The van der Waals surface area contributed by atoms with Gasteiger partial charge in [0.05, 0.1) is 12.3 Å². The first kappa shape index (κ1) is 18.7. The summed E-state index contributed by atoms with van der Waals surface area (Å²) in [7, 11) is 3.22. The Balaban J connectivity index is 2.15. The third-order valence-electron chi connectivity index (χ3n) is 4.03. The van der Waals surface area contributed by atoms with E-state index in [9.17, 15) is 10.1 Å². The van der Waals surface area contributed by atoms with Crippen molar-refractivity contribution in [1.29, 1.82) is 5.26 Å². The molecule has 0 fully saturated rings. The molecule has 2 atom stereocenters. The Morgan fingerprint density at radius 2 is 1.92 bits per heavy atom. The van der Waals surface area contributed by atoms with E-state index in [4.69, 9.17) is 4.74 Å².